The van der Waals surface area contributed by atoms with Crippen LogP contribution in [0.1, 0.15) is 24.1 Å². The minimum atomic E-state index is -4.31. The number of nitrogens with zero attached hydrogens (tertiary/aromatic N) is 4. The molecule has 0 unspecified atom stereocenters. The van der Waals surface area contributed by atoms with E-state index in [2.05, 4.69) is 25.1 Å². The number of allylic oxidation sites excluding steroid dienone is 2. The van der Waals surface area contributed by atoms with Crippen LogP contribution in [0.2, 0.25) is 0 Å². The summed E-state index contributed by atoms with van der Waals surface area (Å²) in [5, 5.41) is 6.63. The van der Waals surface area contributed by atoms with Gasteiger partial charge in [-0.1, -0.05) is 17.7 Å². The molecule has 0 saturated carbocycles. The van der Waals surface area contributed by atoms with Crippen LogP contribution in [0.5, 0.6) is 5.88 Å². The molecule has 9 nitrogen and oxygen atoms in total. The molecule has 2 heterocycles. The van der Waals surface area contributed by atoms with Gasteiger partial charge in [-0.25, -0.2) is 4.98 Å². The zero-order chi connectivity index (χ0) is 22.9. The van der Waals surface area contributed by atoms with Gasteiger partial charge in [-0.3, -0.25) is 9.78 Å². The molecule has 0 saturated heterocycles. The Balaban J connectivity index is 1.68. The van der Waals surface area contributed by atoms with Crippen molar-refractivity contribution in [2.75, 3.05) is 5.32 Å². The first-order valence-corrected chi connectivity index (χ1v) is 10.9. The highest BCUT2D eigenvalue weighted by atomic mass is 32.2. The van der Waals surface area contributed by atoms with Crippen LogP contribution >= 0.6 is 0 Å². The lowest BCUT2D eigenvalue weighted by Crippen LogP contribution is -2.18. The predicted octanol–water partition coefficient (Wildman–Crippen LogP) is 3.31. The highest BCUT2D eigenvalue weighted by Gasteiger charge is 2.26. The Morgan fingerprint density at radius 1 is 1.12 bits per heavy atom. The van der Waals surface area contributed by atoms with Crippen molar-refractivity contribution < 1.29 is 26.7 Å². The molecule has 0 spiro atoms. The Kier molecular flexibility index (Phi) is 5.70. The van der Waals surface area contributed by atoms with E-state index in [4.69, 9.17) is 0 Å². The second-order valence-electron chi connectivity index (χ2n) is 6.96. The summed E-state index contributed by atoms with van der Waals surface area (Å²) in [5.41, 5.74) is 2.02. The van der Waals surface area contributed by atoms with E-state index >= 15 is 0 Å². The van der Waals surface area contributed by atoms with Crippen molar-refractivity contribution in [1.82, 2.24) is 19.2 Å². The van der Waals surface area contributed by atoms with Crippen LogP contribution in [0.3, 0.4) is 0 Å². The summed E-state index contributed by atoms with van der Waals surface area (Å²) in [5.74, 6) is -0.590. The highest BCUT2D eigenvalue weighted by molar-refractivity contribution is 7.90. The fourth-order valence-corrected chi connectivity index (χ4v) is 4.28. The van der Waals surface area contributed by atoms with Crippen LogP contribution in [0.15, 0.2) is 53.7 Å². The second kappa shape index (κ2) is 8.46. The van der Waals surface area contributed by atoms with Crippen LogP contribution in [0.4, 0.5) is 20.4 Å². The lowest BCUT2D eigenvalue weighted by Gasteiger charge is -2.09. The van der Waals surface area contributed by atoms with Gasteiger partial charge in [0.05, 0.1) is 23.0 Å². The first-order valence-electron chi connectivity index (χ1n) is 9.42. The van der Waals surface area contributed by atoms with Crippen molar-refractivity contribution in [3.8, 4) is 5.88 Å². The average molecular weight is 461 g/mol. The Morgan fingerprint density at radius 3 is 2.53 bits per heavy atom. The molecule has 1 aliphatic carbocycles. The van der Waals surface area contributed by atoms with Crippen molar-refractivity contribution in [3.05, 3.63) is 60.1 Å². The topological polar surface area (TPSA) is 116 Å². The molecule has 0 aliphatic heterocycles. The Hall–Kier alpha value is -3.67. The number of ketones is 1. The van der Waals surface area contributed by atoms with Crippen LogP contribution in [0, 0.1) is 6.92 Å². The van der Waals surface area contributed by atoms with Crippen LogP contribution < -0.4 is 10.1 Å². The molecule has 4 rings (SSSR count). The number of aryl methyl sites for hydroxylation is 1. The normalized spacial score (nSPS) is 14.0. The molecule has 166 valence electrons. The SMILES string of the molecule is Cc1ccc(S(=O)(=O)n2nc(Nc3cncc(C4=CC(=O)CC4)n3)cc2OC(F)F)cc1. The van der Waals surface area contributed by atoms with Gasteiger partial charge in [0.2, 0.25) is 5.88 Å². The van der Waals surface area contributed by atoms with E-state index < -0.39 is 22.5 Å². The molecule has 1 aliphatic rings. The third-order valence-corrected chi connectivity index (χ3v) is 6.18. The van der Waals surface area contributed by atoms with Crippen LogP contribution in [0.25, 0.3) is 5.57 Å². The second-order valence-corrected chi connectivity index (χ2v) is 8.73. The number of ether oxygens (including phenoxy) is 1. The van der Waals surface area contributed by atoms with E-state index in [9.17, 15) is 22.0 Å². The monoisotopic (exact) mass is 461 g/mol. The van der Waals surface area contributed by atoms with E-state index in [1.54, 1.807) is 19.1 Å². The number of carbonyl (C=O) groups excluding carboxylic acids is 1. The third-order valence-electron chi connectivity index (χ3n) is 4.60. The maximum absolute atomic E-state index is 13.0. The number of nitrogens with one attached hydrogen (secondary N) is 1. The largest absolute Gasteiger partial charge is 0.416 e. The lowest BCUT2D eigenvalue weighted by molar-refractivity contribution is -0.114. The van der Waals surface area contributed by atoms with Gasteiger partial charge in [0.25, 0.3) is 10.0 Å². The van der Waals surface area contributed by atoms with Gasteiger partial charge in [-0.05, 0) is 37.1 Å². The Labute approximate surface area is 181 Å². The maximum Gasteiger partial charge on any atom is 0.388 e. The van der Waals surface area contributed by atoms with Crippen molar-refractivity contribution in [2.24, 2.45) is 0 Å². The van der Waals surface area contributed by atoms with E-state index in [0.717, 1.165) is 17.2 Å². The number of halogens is 2. The lowest BCUT2D eigenvalue weighted by atomic mass is 10.2. The third kappa shape index (κ3) is 4.49. The maximum atomic E-state index is 13.0. The average Bonchev–Trinajstić information content (AvgIpc) is 3.34. The first-order chi connectivity index (χ1) is 15.2. The van der Waals surface area contributed by atoms with Gasteiger partial charge in [0.15, 0.2) is 17.4 Å². The number of hydrogen-bond donors (Lipinski definition) is 1. The van der Waals surface area contributed by atoms with Gasteiger partial charge < -0.3 is 10.1 Å². The molecule has 1 aromatic carbocycles. The molecule has 0 amide bonds. The van der Waals surface area contributed by atoms with Gasteiger partial charge in [-0.2, -0.15) is 17.2 Å². The summed E-state index contributed by atoms with van der Waals surface area (Å²) in [7, 11) is -4.31. The summed E-state index contributed by atoms with van der Waals surface area (Å²) >= 11 is 0. The van der Waals surface area contributed by atoms with E-state index in [1.165, 1.54) is 30.6 Å². The number of alkyl halides is 2. The summed E-state index contributed by atoms with van der Waals surface area (Å²) in [4.78, 5) is 19.7. The molecule has 2 aromatic heterocycles. The summed E-state index contributed by atoms with van der Waals surface area (Å²) in [6, 6.07) is 6.86. The Bertz CT molecular complexity index is 1300. The zero-order valence-corrected chi connectivity index (χ0v) is 17.5. The highest BCUT2D eigenvalue weighted by Crippen LogP contribution is 2.28. The van der Waals surface area contributed by atoms with Gasteiger partial charge in [0, 0.05) is 12.5 Å². The number of benzene rings is 1. The minimum absolute atomic E-state index is 0.00555. The van der Waals surface area contributed by atoms with Crippen molar-refractivity contribution in [3.63, 3.8) is 0 Å². The minimum Gasteiger partial charge on any atom is -0.416 e. The number of aromatic nitrogens is 4. The summed E-state index contributed by atoms with van der Waals surface area (Å²) in [6.07, 6.45) is 5.26. The number of rotatable bonds is 7. The fourth-order valence-electron chi connectivity index (χ4n) is 3.07. The molecule has 0 atom stereocenters. The van der Waals surface area contributed by atoms with Crippen molar-refractivity contribution in [1.29, 1.82) is 0 Å². The number of anilines is 2. The molecule has 1 N–H and O–H groups in total. The number of carbonyl (C=O) groups is 1. The predicted molar refractivity (Wildman–Crippen MR) is 110 cm³/mol. The molecular weight excluding hydrogens is 444 g/mol. The first kappa shape index (κ1) is 21.6. The smallest absolute Gasteiger partial charge is 0.388 e. The molecular formula is C20H17F2N5O4S. The quantitative estimate of drug-likeness (QED) is 0.570. The van der Waals surface area contributed by atoms with Gasteiger partial charge in [0.1, 0.15) is 0 Å². The van der Waals surface area contributed by atoms with Crippen LogP contribution in [-0.4, -0.2) is 40.0 Å². The molecule has 0 fully saturated rings. The molecule has 0 bridgehead atoms. The van der Waals surface area contributed by atoms with E-state index in [1.807, 2.05) is 0 Å². The Morgan fingerprint density at radius 2 is 1.88 bits per heavy atom. The molecule has 3 aromatic rings. The molecule has 32 heavy (non-hydrogen) atoms. The van der Waals surface area contributed by atoms with Gasteiger partial charge >= 0.3 is 6.61 Å². The van der Waals surface area contributed by atoms with Gasteiger partial charge in [-0.15, -0.1) is 9.19 Å². The number of hydrogen-bond acceptors (Lipinski definition) is 8. The van der Waals surface area contributed by atoms with Crippen molar-refractivity contribution in [2.45, 2.75) is 31.3 Å². The van der Waals surface area contributed by atoms with Crippen LogP contribution in [-0.2, 0) is 14.8 Å². The fraction of sp³-hybridized carbons (Fsp3) is 0.200. The summed E-state index contributed by atoms with van der Waals surface area (Å²) < 4.78 is 56.5. The molecule has 12 heteroatoms. The van der Waals surface area contributed by atoms with E-state index in [0.29, 0.717) is 22.6 Å². The zero-order valence-electron chi connectivity index (χ0n) is 16.7. The van der Waals surface area contributed by atoms with Crippen molar-refractivity contribution >= 4 is 33.0 Å². The van der Waals surface area contributed by atoms with E-state index in [-0.39, 0.29) is 22.3 Å². The molecule has 0 radical (unpaired) electrons. The summed E-state index contributed by atoms with van der Waals surface area (Å²) in [6.45, 7) is -1.48. The standard InChI is InChI=1S/C20H17F2N5O4S/c1-12-2-6-15(7-3-12)32(29,30)27-19(31-20(21)22)9-17(26-27)25-18-11-23-10-16(24-18)13-4-5-14(28)8-13/h2-3,6-11,20H,4-5H2,1H3,(H,24,25,26).